The van der Waals surface area contributed by atoms with Crippen LogP contribution >= 0.6 is 0 Å². The Morgan fingerprint density at radius 1 is 0.422 bits per heavy atom. The third-order valence-corrected chi connectivity index (χ3v) is 10.7. The van der Waals surface area contributed by atoms with Crippen LogP contribution in [0.3, 0.4) is 0 Å². The molecule has 2 heterocycles. The smallest absolute Gasteiger partial charge is 0.0722 e. The van der Waals surface area contributed by atoms with E-state index in [1.54, 1.807) is 0 Å². The van der Waals surface area contributed by atoms with Gasteiger partial charge >= 0.3 is 0 Å². The molecular formula is C41H82N2O2. The van der Waals surface area contributed by atoms with Crippen LogP contribution in [0.5, 0.6) is 0 Å². The van der Waals surface area contributed by atoms with E-state index in [1.165, 1.54) is 206 Å². The predicted molar refractivity (Wildman–Crippen MR) is 197 cm³/mol. The summed E-state index contributed by atoms with van der Waals surface area (Å²) in [7, 11) is 0. The van der Waals surface area contributed by atoms with Crippen LogP contribution in [-0.4, -0.2) is 68.6 Å². The Balaban J connectivity index is 1.64. The minimum Gasteiger partial charge on any atom is -0.381 e. The standard InChI is InChI=1S/C41H82N2O2/c1-4-6-8-10-12-14-16-18-20-22-24-30-36-44-38-41(3,40(42-32-26-27-33-42)43-34-28-29-35-43)39-45-37-31-25-23-21-19-17-15-13-11-9-7-5-2/h40H,4-39H2,1-3H3. The predicted octanol–water partition coefficient (Wildman–Crippen LogP) is 11.9. The number of rotatable bonds is 33. The van der Waals surface area contributed by atoms with Gasteiger partial charge < -0.3 is 9.47 Å². The summed E-state index contributed by atoms with van der Waals surface area (Å²) in [6.45, 7) is 15.6. The van der Waals surface area contributed by atoms with E-state index >= 15 is 0 Å². The summed E-state index contributed by atoms with van der Waals surface area (Å²) < 4.78 is 13.1. The molecule has 0 radical (unpaired) electrons. The highest BCUT2D eigenvalue weighted by molar-refractivity contribution is 4.93. The van der Waals surface area contributed by atoms with Crippen molar-refractivity contribution in [2.24, 2.45) is 5.41 Å². The van der Waals surface area contributed by atoms with Crippen molar-refractivity contribution in [3.05, 3.63) is 0 Å². The highest BCUT2D eigenvalue weighted by Crippen LogP contribution is 2.34. The van der Waals surface area contributed by atoms with Crippen LogP contribution in [0, 0.1) is 5.41 Å². The van der Waals surface area contributed by atoms with E-state index < -0.39 is 0 Å². The molecule has 2 saturated heterocycles. The molecule has 0 N–H and O–H groups in total. The first-order valence-electron chi connectivity index (χ1n) is 20.8. The topological polar surface area (TPSA) is 24.9 Å². The summed E-state index contributed by atoms with van der Waals surface area (Å²) in [5, 5.41) is 0. The van der Waals surface area contributed by atoms with Crippen molar-refractivity contribution in [2.75, 3.05) is 52.6 Å². The molecule has 0 aromatic heterocycles. The average molecular weight is 635 g/mol. The van der Waals surface area contributed by atoms with Crippen LogP contribution in [0.2, 0.25) is 0 Å². The summed E-state index contributed by atoms with van der Waals surface area (Å²) in [6, 6.07) is 0. The summed E-state index contributed by atoms with van der Waals surface area (Å²) >= 11 is 0. The van der Waals surface area contributed by atoms with Crippen LogP contribution in [0.15, 0.2) is 0 Å². The van der Waals surface area contributed by atoms with Crippen molar-refractivity contribution in [2.45, 2.75) is 207 Å². The van der Waals surface area contributed by atoms with E-state index in [1.807, 2.05) is 0 Å². The molecule has 4 nitrogen and oxygen atoms in total. The Bertz CT molecular complexity index is 569. The molecule has 0 aromatic rings. The van der Waals surface area contributed by atoms with Gasteiger partial charge in [-0.15, -0.1) is 0 Å². The second kappa shape index (κ2) is 28.8. The van der Waals surface area contributed by atoms with E-state index in [4.69, 9.17) is 9.47 Å². The first-order chi connectivity index (χ1) is 22.2. The van der Waals surface area contributed by atoms with E-state index in [0.29, 0.717) is 6.17 Å². The normalized spacial score (nSPS) is 16.5. The van der Waals surface area contributed by atoms with Crippen molar-refractivity contribution in [3.63, 3.8) is 0 Å². The van der Waals surface area contributed by atoms with Crippen molar-refractivity contribution in [1.82, 2.24) is 9.80 Å². The first-order valence-corrected chi connectivity index (χ1v) is 20.8. The van der Waals surface area contributed by atoms with Gasteiger partial charge in [-0.2, -0.15) is 0 Å². The van der Waals surface area contributed by atoms with Crippen molar-refractivity contribution in [3.8, 4) is 0 Å². The molecule has 0 saturated carbocycles. The minimum absolute atomic E-state index is 0.0307. The third kappa shape index (κ3) is 20.1. The fourth-order valence-electron chi connectivity index (χ4n) is 7.98. The molecule has 0 amide bonds. The Hall–Kier alpha value is -0.160. The Kier molecular flexibility index (Phi) is 26.3. The second-order valence-corrected chi connectivity index (χ2v) is 15.4. The minimum atomic E-state index is 0.0307. The Labute approximate surface area is 283 Å². The fourth-order valence-corrected chi connectivity index (χ4v) is 7.98. The average Bonchev–Trinajstić information content (AvgIpc) is 3.77. The Morgan fingerprint density at radius 3 is 0.978 bits per heavy atom. The maximum absolute atomic E-state index is 6.53. The molecule has 268 valence electrons. The van der Waals surface area contributed by atoms with E-state index in [0.717, 1.165) is 26.4 Å². The number of hydrogen-bond acceptors (Lipinski definition) is 4. The number of hydrogen-bond donors (Lipinski definition) is 0. The summed E-state index contributed by atoms with van der Waals surface area (Å²) in [5.41, 5.74) is 0.0307. The van der Waals surface area contributed by atoms with Gasteiger partial charge in [0.15, 0.2) is 0 Å². The van der Waals surface area contributed by atoms with E-state index in [9.17, 15) is 0 Å². The molecular weight excluding hydrogens is 552 g/mol. The van der Waals surface area contributed by atoms with Gasteiger partial charge in [-0.1, -0.05) is 162 Å². The summed E-state index contributed by atoms with van der Waals surface area (Å²) in [6.07, 6.45) is 39.4. The lowest BCUT2D eigenvalue weighted by atomic mass is 9.86. The van der Waals surface area contributed by atoms with Gasteiger partial charge in [0, 0.05) is 18.6 Å². The SMILES string of the molecule is CCCCCCCCCCCCCCOCC(C)(COCCCCCCCCCCCCCC)C(N1CCCC1)N1CCCC1. The third-order valence-electron chi connectivity index (χ3n) is 10.7. The van der Waals surface area contributed by atoms with Gasteiger partial charge in [0.2, 0.25) is 0 Å². The lowest BCUT2D eigenvalue weighted by Gasteiger charge is -2.47. The van der Waals surface area contributed by atoms with Crippen LogP contribution in [-0.2, 0) is 9.47 Å². The molecule has 4 heteroatoms. The number of ether oxygens (including phenoxy) is 2. The molecule has 0 atom stereocenters. The van der Waals surface area contributed by atoms with Crippen molar-refractivity contribution >= 4 is 0 Å². The molecule has 2 fully saturated rings. The number of unbranched alkanes of at least 4 members (excludes halogenated alkanes) is 22. The van der Waals surface area contributed by atoms with Gasteiger partial charge in [0.25, 0.3) is 0 Å². The summed E-state index contributed by atoms with van der Waals surface area (Å²) in [5.74, 6) is 0. The zero-order valence-electron chi connectivity index (χ0n) is 31.2. The second-order valence-electron chi connectivity index (χ2n) is 15.4. The number of nitrogens with zero attached hydrogens (tertiary/aromatic N) is 2. The molecule has 0 spiro atoms. The van der Waals surface area contributed by atoms with Gasteiger partial charge in [-0.3, -0.25) is 9.80 Å². The van der Waals surface area contributed by atoms with Gasteiger partial charge in [-0.05, 0) is 64.7 Å². The van der Waals surface area contributed by atoms with Crippen molar-refractivity contribution < 1.29 is 9.47 Å². The maximum atomic E-state index is 6.53. The zero-order valence-corrected chi connectivity index (χ0v) is 31.2. The van der Waals surface area contributed by atoms with E-state index in [2.05, 4.69) is 30.6 Å². The highest BCUT2D eigenvalue weighted by atomic mass is 16.5. The lowest BCUT2D eigenvalue weighted by Crippen LogP contribution is -2.58. The molecule has 2 aliphatic heterocycles. The van der Waals surface area contributed by atoms with Crippen LogP contribution in [0.25, 0.3) is 0 Å². The maximum Gasteiger partial charge on any atom is 0.0722 e. The molecule has 0 aliphatic carbocycles. The van der Waals surface area contributed by atoms with Gasteiger partial charge in [0.1, 0.15) is 0 Å². The number of likely N-dealkylation sites (tertiary alicyclic amines) is 2. The highest BCUT2D eigenvalue weighted by Gasteiger charge is 2.43. The largest absolute Gasteiger partial charge is 0.381 e. The van der Waals surface area contributed by atoms with Crippen LogP contribution in [0.4, 0.5) is 0 Å². The zero-order chi connectivity index (χ0) is 32.1. The van der Waals surface area contributed by atoms with Gasteiger partial charge in [0.05, 0.1) is 19.4 Å². The molecule has 2 rings (SSSR count). The van der Waals surface area contributed by atoms with Crippen molar-refractivity contribution in [1.29, 1.82) is 0 Å². The lowest BCUT2D eigenvalue weighted by molar-refractivity contribution is -0.106. The van der Waals surface area contributed by atoms with Gasteiger partial charge in [-0.25, -0.2) is 0 Å². The first kappa shape index (κ1) is 41.0. The van der Waals surface area contributed by atoms with Crippen LogP contribution < -0.4 is 0 Å². The fraction of sp³-hybridized carbons (Fsp3) is 1.00. The quantitative estimate of drug-likeness (QED) is 0.0671. The molecule has 0 bridgehead atoms. The Morgan fingerprint density at radius 2 is 0.689 bits per heavy atom. The molecule has 2 aliphatic rings. The van der Waals surface area contributed by atoms with Crippen LogP contribution in [0.1, 0.15) is 201 Å². The van der Waals surface area contributed by atoms with E-state index in [-0.39, 0.29) is 5.41 Å². The molecule has 0 aromatic carbocycles. The monoisotopic (exact) mass is 635 g/mol. The summed E-state index contributed by atoms with van der Waals surface area (Å²) in [4.78, 5) is 5.57. The molecule has 45 heavy (non-hydrogen) atoms. The molecule has 0 unspecified atom stereocenters.